The van der Waals surface area contributed by atoms with E-state index in [0.717, 1.165) is 12.3 Å². The third kappa shape index (κ3) is 2.20. The van der Waals surface area contributed by atoms with Crippen molar-refractivity contribution in [2.45, 2.75) is 82.4 Å². The molecule has 144 valence electrons. The molecule has 0 amide bonds. The Balaban J connectivity index is 1.84. The van der Waals surface area contributed by atoms with Crippen LogP contribution in [0.3, 0.4) is 0 Å². The van der Waals surface area contributed by atoms with Crippen molar-refractivity contribution in [1.82, 2.24) is 0 Å². The number of alkyl halides is 1. The van der Waals surface area contributed by atoms with Crippen molar-refractivity contribution in [3.63, 3.8) is 0 Å². The first kappa shape index (κ1) is 18.7. The SMILES string of the molecule is CO[C@H]1[C@H]2C[C@@H](C(C)C)[C@]3(CC[C@@]4(C)[C@H]([C@H]13)[C@](C)(O)[C@@H](O)C[C@@H]4Br)C2. The van der Waals surface area contributed by atoms with Crippen LogP contribution in [0.2, 0.25) is 0 Å². The summed E-state index contributed by atoms with van der Waals surface area (Å²) < 4.78 is 6.09. The van der Waals surface area contributed by atoms with E-state index in [4.69, 9.17) is 4.74 Å². The fourth-order valence-corrected chi connectivity index (χ4v) is 9.02. The predicted octanol–water partition coefficient (Wildman–Crippen LogP) is 4.00. The smallest absolute Gasteiger partial charge is 0.0915 e. The minimum atomic E-state index is -1.04. The first-order chi connectivity index (χ1) is 11.6. The molecule has 1 spiro atoms. The molecule has 25 heavy (non-hydrogen) atoms. The van der Waals surface area contributed by atoms with Crippen molar-refractivity contribution in [2.75, 3.05) is 7.11 Å². The fraction of sp³-hybridized carbons (Fsp3) is 1.00. The second-order valence-electron chi connectivity index (χ2n) is 10.4. The molecule has 0 aromatic rings. The van der Waals surface area contributed by atoms with E-state index in [1.807, 2.05) is 14.0 Å². The maximum Gasteiger partial charge on any atom is 0.0915 e. The van der Waals surface area contributed by atoms with Crippen LogP contribution in [0.25, 0.3) is 0 Å². The minimum absolute atomic E-state index is 0.0153. The second-order valence-corrected chi connectivity index (χ2v) is 11.5. The van der Waals surface area contributed by atoms with E-state index in [0.29, 0.717) is 24.2 Å². The van der Waals surface area contributed by atoms with Gasteiger partial charge in [-0.2, -0.15) is 0 Å². The van der Waals surface area contributed by atoms with Crippen molar-refractivity contribution >= 4 is 15.9 Å². The zero-order valence-electron chi connectivity index (χ0n) is 16.3. The summed E-state index contributed by atoms with van der Waals surface area (Å²) in [6, 6.07) is 0. The van der Waals surface area contributed by atoms with E-state index in [-0.39, 0.29) is 27.7 Å². The van der Waals surface area contributed by atoms with Crippen molar-refractivity contribution < 1.29 is 14.9 Å². The highest BCUT2D eigenvalue weighted by atomic mass is 79.9. The highest BCUT2D eigenvalue weighted by Crippen LogP contribution is 2.74. The lowest BCUT2D eigenvalue weighted by molar-refractivity contribution is -0.239. The Morgan fingerprint density at radius 1 is 1.16 bits per heavy atom. The van der Waals surface area contributed by atoms with E-state index >= 15 is 0 Å². The van der Waals surface area contributed by atoms with Crippen LogP contribution < -0.4 is 0 Å². The number of aliphatic hydroxyl groups is 2. The van der Waals surface area contributed by atoms with Gasteiger partial charge >= 0.3 is 0 Å². The van der Waals surface area contributed by atoms with Gasteiger partial charge in [-0.05, 0) is 73.5 Å². The number of ether oxygens (including phenoxy) is 1. The molecule has 0 heterocycles. The first-order valence-corrected chi connectivity index (χ1v) is 11.1. The molecule has 0 unspecified atom stereocenters. The molecule has 4 aliphatic rings. The average Bonchev–Trinajstić information content (AvgIpc) is 3.05. The molecule has 4 fully saturated rings. The Hall–Kier alpha value is 0.360. The molecule has 3 nitrogen and oxygen atoms in total. The Bertz CT molecular complexity index is 549. The zero-order chi connectivity index (χ0) is 18.4. The van der Waals surface area contributed by atoms with Gasteiger partial charge in [-0.25, -0.2) is 0 Å². The van der Waals surface area contributed by atoms with Crippen LogP contribution in [0, 0.1) is 40.4 Å². The molecular formula is C21H35BrO3. The molecule has 2 N–H and O–H groups in total. The Morgan fingerprint density at radius 3 is 2.44 bits per heavy atom. The van der Waals surface area contributed by atoms with Crippen LogP contribution in [-0.2, 0) is 4.74 Å². The summed E-state index contributed by atoms with van der Waals surface area (Å²) in [5.41, 5.74) is -0.737. The lowest BCUT2D eigenvalue weighted by atomic mass is 9.42. The van der Waals surface area contributed by atoms with E-state index in [1.165, 1.54) is 19.3 Å². The molecule has 4 aliphatic carbocycles. The van der Waals surface area contributed by atoms with Gasteiger partial charge in [0.1, 0.15) is 0 Å². The fourth-order valence-electron chi connectivity index (χ4n) is 8.15. The zero-order valence-corrected chi connectivity index (χ0v) is 17.9. The normalized spacial score (nSPS) is 60.6. The summed E-state index contributed by atoms with van der Waals surface area (Å²) in [6.45, 7) is 8.97. The van der Waals surface area contributed by atoms with Gasteiger partial charge in [0.25, 0.3) is 0 Å². The maximum absolute atomic E-state index is 11.5. The topological polar surface area (TPSA) is 49.7 Å². The summed E-state index contributed by atoms with van der Waals surface area (Å²) >= 11 is 3.90. The van der Waals surface area contributed by atoms with Crippen LogP contribution >= 0.6 is 15.9 Å². The highest BCUT2D eigenvalue weighted by molar-refractivity contribution is 9.09. The van der Waals surface area contributed by atoms with Gasteiger partial charge < -0.3 is 14.9 Å². The van der Waals surface area contributed by atoms with E-state index in [1.54, 1.807) is 0 Å². The van der Waals surface area contributed by atoms with Crippen molar-refractivity contribution in [3.05, 3.63) is 0 Å². The third-order valence-electron chi connectivity index (χ3n) is 9.15. The average molecular weight is 415 g/mol. The van der Waals surface area contributed by atoms with Gasteiger partial charge in [-0.1, -0.05) is 36.7 Å². The Labute approximate surface area is 161 Å². The van der Waals surface area contributed by atoms with Gasteiger partial charge in [0, 0.05) is 17.9 Å². The Kier molecular flexibility index (Phi) is 4.25. The molecule has 2 bridgehead atoms. The molecule has 0 aliphatic heterocycles. The first-order valence-electron chi connectivity index (χ1n) is 10.2. The number of hydrogen-bond donors (Lipinski definition) is 2. The maximum atomic E-state index is 11.5. The van der Waals surface area contributed by atoms with Crippen LogP contribution in [-0.4, -0.2) is 40.0 Å². The van der Waals surface area contributed by atoms with Crippen LogP contribution in [0.15, 0.2) is 0 Å². The molecule has 4 rings (SSSR count). The Morgan fingerprint density at radius 2 is 1.84 bits per heavy atom. The summed E-state index contributed by atoms with van der Waals surface area (Å²) in [6.07, 6.45) is 5.12. The van der Waals surface area contributed by atoms with Crippen molar-refractivity contribution in [1.29, 1.82) is 0 Å². The van der Waals surface area contributed by atoms with Gasteiger partial charge in [0.15, 0.2) is 0 Å². The second kappa shape index (κ2) is 5.68. The van der Waals surface area contributed by atoms with Gasteiger partial charge in [0.2, 0.25) is 0 Å². The monoisotopic (exact) mass is 414 g/mol. The molecule has 0 saturated heterocycles. The van der Waals surface area contributed by atoms with E-state index < -0.39 is 11.7 Å². The number of methoxy groups -OCH3 is 1. The quantitative estimate of drug-likeness (QED) is 0.671. The molecule has 0 radical (unpaired) electrons. The molecule has 4 heteroatoms. The molecule has 10 atom stereocenters. The van der Waals surface area contributed by atoms with Crippen LogP contribution in [0.4, 0.5) is 0 Å². The molecule has 0 aromatic carbocycles. The lowest BCUT2D eigenvalue weighted by Gasteiger charge is -2.65. The number of rotatable bonds is 2. The van der Waals surface area contributed by atoms with Crippen molar-refractivity contribution in [3.8, 4) is 0 Å². The number of hydrogen-bond acceptors (Lipinski definition) is 3. The summed E-state index contributed by atoms with van der Waals surface area (Å²) in [7, 11) is 1.86. The van der Waals surface area contributed by atoms with Crippen molar-refractivity contribution in [2.24, 2.45) is 40.4 Å². The number of aliphatic hydroxyl groups excluding tert-OH is 1. The molecule has 4 saturated carbocycles. The largest absolute Gasteiger partial charge is 0.390 e. The van der Waals surface area contributed by atoms with E-state index in [2.05, 4.69) is 36.7 Å². The van der Waals surface area contributed by atoms with Gasteiger partial charge in [0.05, 0.1) is 17.8 Å². The summed E-state index contributed by atoms with van der Waals surface area (Å²) in [5, 5.41) is 22.3. The summed E-state index contributed by atoms with van der Waals surface area (Å²) in [5.74, 6) is 2.45. The van der Waals surface area contributed by atoms with Gasteiger partial charge in [-0.15, -0.1) is 0 Å². The van der Waals surface area contributed by atoms with Crippen LogP contribution in [0.1, 0.15) is 59.8 Å². The standard InChI is InChI=1S/C21H35BrO3/c1-11(2)13-8-12-10-21(13)7-6-19(3)14(22)9-15(23)20(4,24)18(19)16(21)17(12)25-5/h11-18,23-24H,6-10H2,1-5H3/t12-,13-,14-,15-,16-,17-,18-,19+,20+,21-/m0/s1. The lowest BCUT2D eigenvalue weighted by Crippen LogP contribution is -2.68. The van der Waals surface area contributed by atoms with Crippen LogP contribution in [0.5, 0.6) is 0 Å². The highest BCUT2D eigenvalue weighted by Gasteiger charge is 2.73. The minimum Gasteiger partial charge on any atom is -0.390 e. The van der Waals surface area contributed by atoms with E-state index in [9.17, 15) is 10.2 Å². The predicted molar refractivity (Wildman–Crippen MR) is 103 cm³/mol. The third-order valence-corrected chi connectivity index (χ3v) is 10.6. The number of halogens is 1. The summed E-state index contributed by atoms with van der Waals surface area (Å²) in [4.78, 5) is 0.256. The van der Waals surface area contributed by atoms with Gasteiger partial charge in [-0.3, -0.25) is 0 Å². The molecule has 0 aromatic heterocycles. The molecular weight excluding hydrogens is 380 g/mol. The number of fused-ring (bicyclic) bond motifs is 3.